The molecule has 1 aromatic heterocycles. The molecule has 0 aromatic carbocycles. The van der Waals surface area contributed by atoms with Gasteiger partial charge in [-0.15, -0.1) is 11.3 Å². The van der Waals surface area contributed by atoms with E-state index < -0.39 is 0 Å². The lowest BCUT2D eigenvalue weighted by atomic mass is 10.2. The highest BCUT2D eigenvalue weighted by atomic mass is 79.9. The van der Waals surface area contributed by atoms with Gasteiger partial charge in [-0.3, -0.25) is 4.79 Å². The fraction of sp³-hybridized carbons (Fsp3) is 0.545. The number of hydrogen-bond acceptors (Lipinski definition) is 3. The summed E-state index contributed by atoms with van der Waals surface area (Å²) in [5, 5.41) is 0. The van der Waals surface area contributed by atoms with Gasteiger partial charge in [-0.25, -0.2) is 0 Å². The molecule has 3 nitrogen and oxygen atoms in total. The molecule has 0 N–H and O–H groups in total. The van der Waals surface area contributed by atoms with Crippen molar-refractivity contribution in [3.63, 3.8) is 0 Å². The van der Waals surface area contributed by atoms with E-state index in [4.69, 9.17) is 4.74 Å². The van der Waals surface area contributed by atoms with E-state index in [9.17, 15) is 4.79 Å². The summed E-state index contributed by atoms with van der Waals surface area (Å²) < 4.78 is 6.50. The van der Waals surface area contributed by atoms with Crippen molar-refractivity contribution in [2.45, 2.75) is 26.0 Å². The van der Waals surface area contributed by atoms with Gasteiger partial charge in [0, 0.05) is 6.54 Å². The molecule has 2 rings (SSSR count). The van der Waals surface area contributed by atoms with Gasteiger partial charge in [0.2, 0.25) is 0 Å². The van der Waals surface area contributed by atoms with Crippen molar-refractivity contribution in [3.05, 3.63) is 20.8 Å². The molecule has 0 radical (unpaired) electrons. The van der Waals surface area contributed by atoms with Gasteiger partial charge in [0.1, 0.15) is 0 Å². The first kappa shape index (κ1) is 12.1. The lowest BCUT2D eigenvalue weighted by molar-refractivity contribution is -0.0385. The zero-order valence-corrected chi connectivity index (χ0v) is 11.7. The third-order valence-corrected chi connectivity index (χ3v) is 4.26. The number of ether oxygens (including phenoxy) is 1. The van der Waals surface area contributed by atoms with Gasteiger partial charge in [-0.2, -0.15) is 0 Å². The molecule has 0 spiro atoms. The Morgan fingerprint density at radius 2 is 2.31 bits per heavy atom. The van der Waals surface area contributed by atoms with Crippen LogP contribution >= 0.6 is 27.3 Å². The molecule has 0 unspecified atom stereocenters. The molecule has 1 aliphatic heterocycles. The molecule has 0 saturated carbocycles. The average Bonchev–Trinajstić information content (AvgIpc) is 2.67. The molecular formula is C11H14BrNO2S. The van der Waals surface area contributed by atoms with Crippen LogP contribution in [-0.4, -0.2) is 36.1 Å². The van der Waals surface area contributed by atoms with E-state index in [1.807, 2.05) is 30.9 Å². The molecule has 16 heavy (non-hydrogen) atoms. The molecule has 0 aliphatic carbocycles. The van der Waals surface area contributed by atoms with Crippen molar-refractivity contribution < 1.29 is 9.53 Å². The first-order valence-corrected chi connectivity index (χ1v) is 6.87. The van der Waals surface area contributed by atoms with Gasteiger partial charge in [0.25, 0.3) is 5.91 Å². The molecule has 0 bridgehead atoms. The van der Waals surface area contributed by atoms with Gasteiger partial charge < -0.3 is 9.64 Å². The van der Waals surface area contributed by atoms with E-state index in [1.54, 1.807) is 0 Å². The summed E-state index contributed by atoms with van der Waals surface area (Å²) in [6.45, 7) is 5.32. The number of rotatable bonds is 1. The number of amides is 1. The summed E-state index contributed by atoms with van der Waals surface area (Å²) in [5.74, 6) is 0.110. The topological polar surface area (TPSA) is 29.5 Å². The van der Waals surface area contributed by atoms with E-state index in [2.05, 4.69) is 15.9 Å². The van der Waals surface area contributed by atoms with Crippen LogP contribution in [0.3, 0.4) is 0 Å². The first-order chi connectivity index (χ1) is 7.58. The third-order valence-electron chi connectivity index (χ3n) is 2.65. The van der Waals surface area contributed by atoms with Crippen LogP contribution in [0, 0.1) is 0 Å². The predicted molar refractivity (Wildman–Crippen MR) is 67.9 cm³/mol. The van der Waals surface area contributed by atoms with Gasteiger partial charge >= 0.3 is 0 Å². The summed E-state index contributed by atoms with van der Waals surface area (Å²) in [6, 6.07) is 3.93. The molecule has 88 valence electrons. The van der Waals surface area contributed by atoms with Gasteiger partial charge in [-0.1, -0.05) is 0 Å². The van der Waals surface area contributed by atoms with Crippen molar-refractivity contribution >= 4 is 33.2 Å². The summed E-state index contributed by atoms with van der Waals surface area (Å²) >= 11 is 4.85. The van der Waals surface area contributed by atoms with Crippen molar-refractivity contribution in [1.29, 1.82) is 0 Å². The SMILES string of the molecule is C[C@@H]1CN(C(=O)c2ccc(Br)s2)[C@@H](C)CO1. The van der Waals surface area contributed by atoms with Gasteiger partial charge in [-0.05, 0) is 41.9 Å². The molecule has 1 saturated heterocycles. The van der Waals surface area contributed by atoms with Crippen LogP contribution in [0.15, 0.2) is 15.9 Å². The monoisotopic (exact) mass is 303 g/mol. The average molecular weight is 304 g/mol. The Morgan fingerprint density at radius 3 is 2.94 bits per heavy atom. The number of thiophene rings is 1. The van der Waals surface area contributed by atoms with E-state index in [0.717, 1.165) is 8.66 Å². The minimum atomic E-state index is 0.110. The maximum Gasteiger partial charge on any atom is 0.264 e. The second-order valence-electron chi connectivity index (χ2n) is 4.05. The predicted octanol–water partition coefficient (Wildman–Crippen LogP) is 2.76. The Bertz CT molecular complexity index is 393. The van der Waals surface area contributed by atoms with E-state index in [1.165, 1.54) is 11.3 Å². The standard InChI is InChI=1S/C11H14BrNO2S/c1-7-6-15-8(2)5-13(7)11(14)9-3-4-10(12)16-9/h3-4,7-8H,5-6H2,1-2H3/t7-,8+/m0/s1. The molecule has 2 atom stereocenters. The minimum Gasteiger partial charge on any atom is -0.375 e. The quantitative estimate of drug-likeness (QED) is 0.798. The third kappa shape index (κ3) is 2.47. The Hall–Kier alpha value is -0.390. The highest BCUT2D eigenvalue weighted by molar-refractivity contribution is 9.11. The molecular weight excluding hydrogens is 290 g/mol. The molecule has 1 aliphatic rings. The Kier molecular flexibility index (Phi) is 3.66. The van der Waals surface area contributed by atoms with Crippen LogP contribution in [0.25, 0.3) is 0 Å². The minimum absolute atomic E-state index is 0.110. The Morgan fingerprint density at radius 1 is 1.56 bits per heavy atom. The fourth-order valence-corrected chi connectivity index (χ4v) is 3.10. The second-order valence-corrected chi connectivity index (χ2v) is 6.52. The van der Waals surface area contributed by atoms with Crippen molar-refractivity contribution in [2.24, 2.45) is 0 Å². The summed E-state index contributed by atoms with van der Waals surface area (Å²) in [7, 11) is 0. The summed E-state index contributed by atoms with van der Waals surface area (Å²) in [5.41, 5.74) is 0. The van der Waals surface area contributed by atoms with Crippen LogP contribution in [0.4, 0.5) is 0 Å². The maximum atomic E-state index is 12.2. The highest BCUT2D eigenvalue weighted by Crippen LogP contribution is 2.25. The van der Waals surface area contributed by atoms with Crippen LogP contribution < -0.4 is 0 Å². The Balaban J connectivity index is 2.14. The normalized spacial score (nSPS) is 25.8. The van der Waals surface area contributed by atoms with Crippen molar-refractivity contribution in [1.82, 2.24) is 4.90 Å². The lowest BCUT2D eigenvalue weighted by Gasteiger charge is -2.36. The summed E-state index contributed by atoms with van der Waals surface area (Å²) in [6.07, 6.45) is 0.128. The fourth-order valence-electron chi connectivity index (χ4n) is 1.76. The van der Waals surface area contributed by atoms with Gasteiger partial charge in [0.15, 0.2) is 0 Å². The molecule has 1 aromatic rings. The van der Waals surface area contributed by atoms with E-state index in [-0.39, 0.29) is 18.1 Å². The number of carbonyl (C=O) groups is 1. The smallest absolute Gasteiger partial charge is 0.264 e. The van der Waals surface area contributed by atoms with Crippen molar-refractivity contribution in [3.8, 4) is 0 Å². The Labute approximate surface area is 108 Å². The molecule has 5 heteroatoms. The van der Waals surface area contributed by atoms with E-state index in [0.29, 0.717) is 13.2 Å². The number of halogens is 1. The molecule has 1 amide bonds. The number of morpholine rings is 1. The number of hydrogen-bond donors (Lipinski definition) is 0. The molecule has 1 fully saturated rings. The van der Waals surface area contributed by atoms with Crippen LogP contribution in [0.2, 0.25) is 0 Å². The highest BCUT2D eigenvalue weighted by Gasteiger charge is 2.28. The van der Waals surface area contributed by atoms with Crippen LogP contribution in [0.1, 0.15) is 23.5 Å². The van der Waals surface area contributed by atoms with Crippen molar-refractivity contribution in [2.75, 3.05) is 13.2 Å². The van der Waals surface area contributed by atoms with Gasteiger partial charge in [0.05, 0.1) is 27.4 Å². The zero-order valence-electron chi connectivity index (χ0n) is 9.27. The van der Waals surface area contributed by atoms with E-state index >= 15 is 0 Å². The largest absolute Gasteiger partial charge is 0.375 e. The van der Waals surface area contributed by atoms with Crippen LogP contribution in [0.5, 0.6) is 0 Å². The molecule has 2 heterocycles. The number of nitrogens with zero attached hydrogens (tertiary/aromatic N) is 1. The lowest BCUT2D eigenvalue weighted by Crippen LogP contribution is -2.50. The maximum absolute atomic E-state index is 12.2. The first-order valence-electron chi connectivity index (χ1n) is 5.26. The summed E-state index contributed by atoms with van der Waals surface area (Å²) in [4.78, 5) is 14.9. The number of carbonyl (C=O) groups excluding carboxylic acids is 1. The second kappa shape index (κ2) is 4.85. The zero-order chi connectivity index (χ0) is 11.7. The van der Waals surface area contributed by atoms with Crippen LogP contribution in [-0.2, 0) is 4.74 Å².